The van der Waals surface area contributed by atoms with Crippen molar-refractivity contribution in [3.05, 3.63) is 24.3 Å². The number of carbonyl (C=O) groups is 1. The van der Waals surface area contributed by atoms with Gasteiger partial charge in [-0.25, -0.2) is 0 Å². The van der Waals surface area contributed by atoms with Gasteiger partial charge in [0.25, 0.3) is 0 Å². The summed E-state index contributed by atoms with van der Waals surface area (Å²) in [6.45, 7) is 6.51. The number of nitrogens with one attached hydrogen (secondary N) is 2. The number of fused-ring (bicyclic) bond motifs is 1. The Balaban J connectivity index is 2.12. The van der Waals surface area contributed by atoms with Gasteiger partial charge in [-0.2, -0.15) is 0 Å². The minimum atomic E-state index is -0.125. The molecule has 0 bridgehead atoms. The van der Waals surface area contributed by atoms with Crippen LogP contribution in [0, 0.1) is 0 Å². The average molecular weight is 247 g/mol. The molecule has 98 valence electrons. The van der Waals surface area contributed by atoms with Gasteiger partial charge in [0.05, 0.1) is 11.4 Å². The second-order valence-electron chi connectivity index (χ2n) is 4.60. The van der Waals surface area contributed by atoms with Crippen molar-refractivity contribution in [2.45, 2.75) is 26.3 Å². The predicted molar refractivity (Wildman–Crippen MR) is 75.0 cm³/mol. The molecule has 1 aliphatic heterocycles. The molecule has 4 nitrogen and oxygen atoms in total. The normalized spacial score (nSPS) is 15.6. The number of nitrogens with zero attached hydrogens (tertiary/aromatic N) is 1. The number of hydrogen-bond donors (Lipinski definition) is 2. The summed E-state index contributed by atoms with van der Waals surface area (Å²) in [5, 5.41) is 6.32. The first-order valence-electron chi connectivity index (χ1n) is 6.61. The van der Waals surface area contributed by atoms with Gasteiger partial charge in [-0.15, -0.1) is 0 Å². The molecule has 0 fully saturated rings. The highest BCUT2D eigenvalue weighted by Crippen LogP contribution is 2.29. The minimum Gasteiger partial charge on any atom is -0.382 e. The maximum Gasteiger partial charge on any atom is 0.242 e. The minimum absolute atomic E-state index is 0.105. The lowest BCUT2D eigenvalue weighted by atomic mass is 10.1. The topological polar surface area (TPSA) is 44.4 Å². The predicted octanol–water partition coefficient (Wildman–Crippen LogP) is 1.83. The molecule has 18 heavy (non-hydrogen) atoms. The van der Waals surface area contributed by atoms with E-state index in [1.807, 2.05) is 19.1 Å². The number of benzene rings is 1. The first-order chi connectivity index (χ1) is 8.74. The van der Waals surface area contributed by atoms with E-state index in [0.717, 1.165) is 37.4 Å². The van der Waals surface area contributed by atoms with Gasteiger partial charge < -0.3 is 15.5 Å². The quantitative estimate of drug-likeness (QED) is 0.853. The van der Waals surface area contributed by atoms with Crippen molar-refractivity contribution >= 4 is 17.3 Å². The van der Waals surface area contributed by atoms with Gasteiger partial charge in [0, 0.05) is 19.6 Å². The number of anilines is 2. The van der Waals surface area contributed by atoms with Crippen LogP contribution >= 0.6 is 0 Å². The van der Waals surface area contributed by atoms with Crippen LogP contribution in [0.25, 0.3) is 0 Å². The zero-order valence-electron chi connectivity index (χ0n) is 11.1. The summed E-state index contributed by atoms with van der Waals surface area (Å²) in [7, 11) is 0. The van der Waals surface area contributed by atoms with Crippen LogP contribution in [0.2, 0.25) is 0 Å². The van der Waals surface area contributed by atoms with Crippen LogP contribution in [0.4, 0.5) is 11.4 Å². The summed E-state index contributed by atoms with van der Waals surface area (Å²) in [5.41, 5.74) is 2.22. The van der Waals surface area contributed by atoms with Crippen LogP contribution in [-0.2, 0) is 4.79 Å². The maximum atomic E-state index is 12.0. The molecule has 2 rings (SSSR count). The highest BCUT2D eigenvalue weighted by molar-refractivity contribution is 5.87. The third kappa shape index (κ3) is 2.58. The van der Waals surface area contributed by atoms with E-state index in [1.54, 1.807) is 0 Å². The molecule has 1 amide bonds. The molecule has 1 unspecified atom stereocenters. The molecule has 1 aromatic rings. The number of rotatable bonds is 4. The van der Waals surface area contributed by atoms with E-state index < -0.39 is 0 Å². The average Bonchev–Trinajstić information content (AvgIpc) is 2.43. The number of para-hydroxylation sites is 2. The summed E-state index contributed by atoms with van der Waals surface area (Å²) in [6.07, 6.45) is 0.969. The molecule has 0 spiro atoms. The lowest BCUT2D eigenvalue weighted by Crippen LogP contribution is -2.48. The summed E-state index contributed by atoms with van der Waals surface area (Å²) in [4.78, 5) is 14.2. The van der Waals surface area contributed by atoms with Crippen molar-refractivity contribution in [3.8, 4) is 0 Å². The smallest absolute Gasteiger partial charge is 0.242 e. The molecular formula is C14H21N3O. The molecular weight excluding hydrogens is 226 g/mol. The third-order valence-corrected chi connectivity index (χ3v) is 3.28. The monoisotopic (exact) mass is 247 g/mol. The highest BCUT2D eigenvalue weighted by atomic mass is 16.2. The number of hydrogen-bond acceptors (Lipinski definition) is 3. The van der Waals surface area contributed by atoms with Crippen LogP contribution in [0.5, 0.6) is 0 Å². The van der Waals surface area contributed by atoms with Crippen molar-refractivity contribution in [3.63, 3.8) is 0 Å². The lowest BCUT2D eigenvalue weighted by Gasteiger charge is -2.35. The Kier molecular flexibility index (Phi) is 4.07. The van der Waals surface area contributed by atoms with Gasteiger partial charge >= 0.3 is 0 Å². The number of carbonyl (C=O) groups excluding carboxylic acids is 1. The molecule has 0 radical (unpaired) electrons. The van der Waals surface area contributed by atoms with E-state index in [0.29, 0.717) is 0 Å². The molecule has 4 heteroatoms. The summed E-state index contributed by atoms with van der Waals surface area (Å²) in [5.74, 6) is 0.105. The zero-order chi connectivity index (χ0) is 13.0. The van der Waals surface area contributed by atoms with Crippen LogP contribution in [0.3, 0.4) is 0 Å². The van der Waals surface area contributed by atoms with E-state index in [4.69, 9.17) is 0 Å². The molecule has 1 aliphatic rings. The molecule has 0 aliphatic carbocycles. The van der Waals surface area contributed by atoms with Gasteiger partial charge in [0.15, 0.2) is 0 Å². The summed E-state index contributed by atoms with van der Waals surface area (Å²) in [6, 6.07) is 8.01. The Hall–Kier alpha value is -1.71. The summed E-state index contributed by atoms with van der Waals surface area (Å²) < 4.78 is 0. The molecule has 0 aromatic heterocycles. The van der Waals surface area contributed by atoms with Gasteiger partial charge in [-0.3, -0.25) is 4.79 Å². The van der Waals surface area contributed by atoms with E-state index in [1.165, 1.54) is 0 Å². The molecule has 1 aromatic carbocycles. The Bertz CT molecular complexity index is 419. The van der Waals surface area contributed by atoms with E-state index in [-0.39, 0.29) is 11.9 Å². The SMILES string of the molecule is CCCNC(=O)C(C)N1CCNc2ccccc21. The van der Waals surface area contributed by atoms with E-state index >= 15 is 0 Å². The van der Waals surface area contributed by atoms with Crippen molar-refractivity contribution in [2.24, 2.45) is 0 Å². The molecule has 1 heterocycles. The zero-order valence-corrected chi connectivity index (χ0v) is 11.1. The summed E-state index contributed by atoms with van der Waals surface area (Å²) >= 11 is 0. The van der Waals surface area contributed by atoms with Gasteiger partial charge in [-0.1, -0.05) is 19.1 Å². The third-order valence-electron chi connectivity index (χ3n) is 3.28. The standard InChI is InChI=1S/C14H21N3O/c1-3-8-16-14(18)11(2)17-10-9-15-12-6-4-5-7-13(12)17/h4-7,11,15H,3,8-10H2,1-2H3,(H,16,18). The second kappa shape index (κ2) is 5.76. The molecule has 0 saturated heterocycles. The van der Waals surface area contributed by atoms with Crippen molar-refractivity contribution in [1.82, 2.24) is 5.32 Å². The van der Waals surface area contributed by atoms with E-state index in [2.05, 4.69) is 34.6 Å². The van der Waals surface area contributed by atoms with Gasteiger partial charge in [0.2, 0.25) is 5.91 Å². The van der Waals surface area contributed by atoms with Crippen LogP contribution in [0.15, 0.2) is 24.3 Å². The first kappa shape index (κ1) is 12.7. The van der Waals surface area contributed by atoms with Crippen molar-refractivity contribution in [1.29, 1.82) is 0 Å². The Labute approximate surface area is 108 Å². The largest absolute Gasteiger partial charge is 0.382 e. The van der Waals surface area contributed by atoms with Crippen molar-refractivity contribution in [2.75, 3.05) is 29.9 Å². The molecule has 0 saturated carbocycles. The fourth-order valence-electron chi connectivity index (χ4n) is 2.24. The lowest BCUT2D eigenvalue weighted by molar-refractivity contribution is -0.122. The van der Waals surface area contributed by atoms with Crippen LogP contribution in [-0.4, -0.2) is 31.6 Å². The first-order valence-corrected chi connectivity index (χ1v) is 6.61. The highest BCUT2D eigenvalue weighted by Gasteiger charge is 2.25. The van der Waals surface area contributed by atoms with Crippen LogP contribution < -0.4 is 15.5 Å². The van der Waals surface area contributed by atoms with E-state index in [9.17, 15) is 4.79 Å². The van der Waals surface area contributed by atoms with Gasteiger partial charge in [-0.05, 0) is 25.5 Å². The maximum absolute atomic E-state index is 12.0. The van der Waals surface area contributed by atoms with Crippen molar-refractivity contribution < 1.29 is 4.79 Å². The Morgan fingerprint density at radius 1 is 1.50 bits per heavy atom. The fraction of sp³-hybridized carbons (Fsp3) is 0.500. The second-order valence-corrected chi connectivity index (χ2v) is 4.60. The molecule has 2 N–H and O–H groups in total. The van der Waals surface area contributed by atoms with Crippen LogP contribution in [0.1, 0.15) is 20.3 Å². The Morgan fingerprint density at radius 3 is 3.06 bits per heavy atom. The van der Waals surface area contributed by atoms with Gasteiger partial charge in [0.1, 0.15) is 6.04 Å². The molecule has 1 atom stereocenters. The fourth-order valence-corrected chi connectivity index (χ4v) is 2.24. The number of amides is 1. The Morgan fingerprint density at radius 2 is 2.28 bits per heavy atom.